The maximum absolute atomic E-state index is 13.4. The summed E-state index contributed by atoms with van der Waals surface area (Å²) < 4.78 is 14.5. The Kier molecular flexibility index (Phi) is 9.27. The monoisotopic (exact) mass is 525 g/mol. The smallest absolute Gasteiger partial charge is 0.328 e. The number of carbonyl (C=O) groups is 2. The lowest BCUT2D eigenvalue weighted by molar-refractivity contribution is -0.134. The van der Waals surface area contributed by atoms with Crippen molar-refractivity contribution in [2.45, 2.75) is 25.9 Å². The van der Waals surface area contributed by atoms with Crippen molar-refractivity contribution in [3.63, 3.8) is 0 Å². The number of thiophene rings is 1. The standard InChI is InChI=1S/C24H28FN3S.C4H4O4/c25-21-7-8-22-23(18-29-24(22)15-21)28-13-11-26(12-14-28)9-3-4-10-27-16-19-5-1-2-6-20(19)17-27;5-3(6)1-2-4(7)8/h1-2,5-8,15,18H,3-4,9-14,16-17H2;1-2H,(H,5,6)(H,7,8). The number of fused-ring (bicyclic) bond motifs is 2. The van der Waals surface area contributed by atoms with Gasteiger partial charge in [0, 0.05) is 66.9 Å². The van der Waals surface area contributed by atoms with Gasteiger partial charge in [-0.2, -0.15) is 0 Å². The molecule has 196 valence electrons. The molecule has 0 aliphatic carbocycles. The molecule has 2 aromatic carbocycles. The Balaban J connectivity index is 0.000000349. The van der Waals surface area contributed by atoms with Crippen LogP contribution in [0.4, 0.5) is 10.1 Å². The van der Waals surface area contributed by atoms with Gasteiger partial charge in [0.1, 0.15) is 5.82 Å². The number of benzene rings is 2. The Bertz CT molecular complexity index is 1210. The molecule has 37 heavy (non-hydrogen) atoms. The van der Waals surface area contributed by atoms with E-state index in [2.05, 4.69) is 44.3 Å². The van der Waals surface area contributed by atoms with Gasteiger partial charge in [-0.3, -0.25) is 9.80 Å². The first-order valence-corrected chi connectivity index (χ1v) is 13.3. The van der Waals surface area contributed by atoms with E-state index in [1.54, 1.807) is 23.5 Å². The van der Waals surface area contributed by atoms with E-state index in [1.807, 2.05) is 6.07 Å². The molecule has 0 spiro atoms. The molecular weight excluding hydrogens is 493 g/mol. The minimum atomic E-state index is -1.26. The quantitative estimate of drug-likeness (QED) is 0.327. The molecule has 2 aliphatic heterocycles. The molecule has 7 nitrogen and oxygen atoms in total. The highest BCUT2D eigenvalue weighted by Gasteiger charge is 2.20. The van der Waals surface area contributed by atoms with Gasteiger partial charge in [0.05, 0.1) is 5.69 Å². The first-order chi connectivity index (χ1) is 17.9. The predicted molar refractivity (Wildman–Crippen MR) is 145 cm³/mol. The van der Waals surface area contributed by atoms with Crippen molar-refractivity contribution >= 4 is 39.0 Å². The van der Waals surface area contributed by atoms with E-state index < -0.39 is 11.9 Å². The third-order valence-corrected chi connectivity index (χ3v) is 7.64. The number of hydrogen-bond acceptors (Lipinski definition) is 6. The van der Waals surface area contributed by atoms with Gasteiger partial charge in [0.2, 0.25) is 0 Å². The van der Waals surface area contributed by atoms with Crippen LogP contribution < -0.4 is 4.90 Å². The molecule has 0 radical (unpaired) electrons. The van der Waals surface area contributed by atoms with Crippen molar-refractivity contribution in [3.05, 3.63) is 76.9 Å². The summed E-state index contributed by atoms with van der Waals surface area (Å²) in [5, 5.41) is 19.0. The molecule has 0 amide bonds. The molecule has 0 unspecified atom stereocenters. The van der Waals surface area contributed by atoms with Crippen LogP contribution in [0.1, 0.15) is 24.0 Å². The van der Waals surface area contributed by atoms with Crippen molar-refractivity contribution in [1.82, 2.24) is 9.80 Å². The molecule has 0 saturated carbocycles. The zero-order chi connectivity index (χ0) is 26.2. The Morgan fingerprint density at radius 2 is 1.46 bits per heavy atom. The van der Waals surface area contributed by atoms with Gasteiger partial charge in [0.15, 0.2) is 0 Å². The summed E-state index contributed by atoms with van der Waals surface area (Å²) in [4.78, 5) is 26.8. The van der Waals surface area contributed by atoms with Gasteiger partial charge in [-0.1, -0.05) is 24.3 Å². The second-order valence-electron chi connectivity index (χ2n) is 9.29. The van der Waals surface area contributed by atoms with Crippen LogP contribution in [0.25, 0.3) is 10.1 Å². The van der Waals surface area contributed by atoms with Gasteiger partial charge in [-0.15, -0.1) is 11.3 Å². The third kappa shape index (κ3) is 7.61. The van der Waals surface area contributed by atoms with E-state index in [4.69, 9.17) is 10.2 Å². The number of rotatable bonds is 8. The van der Waals surface area contributed by atoms with Crippen LogP contribution in [0.15, 0.2) is 60.0 Å². The second kappa shape index (κ2) is 12.8. The maximum atomic E-state index is 13.4. The Morgan fingerprint density at radius 1 is 0.865 bits per heavy atom. The normalized spacial score (nSPS) is 16.1. The fourth-order valence-corrected chi connectivity index (χ4v) is 5.82. The number of carboxylic acid groups (broad SMARTS) is 2. The fraction of sp³-hybridized carbons (Fsp3) is 0.357. The van der Waals surface area contributed by atoms with E-state index in [9.17, 15) is 14.0 Å². The predicted octanol–water partition coefficient (Wildman–Crippen LogP) is 4.67. The van der Waals surface area contributed by atoms with E-state index >= 15 is 0 Å². The van der Waals surface area contributed by atoms with Crippen molar-refractivity contribution in [2.24, 2.45) is 0 Å². The highest BCUT2D eigenvalue weighted by atomic mass is 32.1. The maximum Gasteiger partial charge on any atom is 0.328 e. The number of anilines is 1. The molecule has 1 aromatic heterocycles. The Morgan fingerprint density at radius 3 is 2.05 bits per heavy atom. The minimum Gasteiger partial charge on any atom is -0.478 e. The summed E-state index contributed by atoms with van der Waals surface area (Å²) in [5.74, 6) is -2.66. The van der Waals surface area contributed by atoms with Crippen LogP contribution >= 0.6 is 11.3 Å². The van der Waals surface area contributed by atoms with Gasteiger partial charge < -0.3 is 15.1 Å². The van der Waals surface area contributed by atoms with E-state index in [1.165, 1.54) is 48.1 Å². The molecule has 3 heterocycles. The average Bonchev–Trinajstić information content (AvgIpc) is 3.49. The third-order valence-electron chi connectivity index (χ3n) is 6.70. The number of aliphatic carboxylic acids is 2. The van der Waals surface area contributed by atoms with Crippen LogP contribution in [-0.2, 0) is 22.7 Å². The number of halogens is 1. The van der Waals surface area contributed by atoms with Gasteiger partial charge in [-0.05, 0) is 55.3 Å². The van der Waals surface area contributed by atoms with Crippen molar-refractivity contribution in [1.29, 1.82) is 0 Å². The second-order valence-corrected chi connectivity index (χ2v) is 10.2. The number of piperazine rings is 1. The van der Waals surface area contributed by atoms with E-state index in [0.29, 0.717) is 12.2 Å². The molecule has 1 fully saturated rings. The van der Waals surface area contributed by atoms with Gasteiger partial charge in [0.25, 0.3) is 0 Å². The highest BCUT2D eigenvalue weighted by Crippen LogP contribution is 2.34. The lowest BCUT2D eigenvalue weighted by Gasteiger charge is -2.36. The Hall–Kier alpha value is -3.27. The minimum absolute atomic E-state index is 0.145. The fourth-order valence-electron chi connectivity index (χ4n) is 4.82. The molecular formula is C28H32FN3O4S. The van der Waals surface area contributed by atoms with Crippen molar-refractivity contribution in [2.75, 3.05) is 44.2 Å². The lowest BCUT2D eigenvalue weighted by atomic mass is 10.1. The molecule has 0 bridgehead atoms. The lowest BCUT2D eigenvalue weighted by Crippen LogP contribution is -2.46. The first kappa shape index (κ1) is 26.8. The van der Waals surface area contributed by atoms with Crippen LogP contribution in [0, 0.1) is 5.82 Å². The number of carboxylic acids is 2. The van der Waals surface area contributed by atoms with Crippen LogP contribution in [0.5, 0.6) is 0 Å². The Labute approximate surface area is 220 Å². The summed E-state index contributed by atoms with van der Waals surface area (Å²) >= 11 is 1.65. The number of nitrogens with zero attached hydrogens (tertiary/aromatic N) is 3. The molecule has 0 atom stereocenters. The van der Waals surface area contributed by atoms with Crippen molar-refractivity contribution in [3.8, 4) is 0 Å². The summed E-state index contributed by atoms with van der Waals surface area (Å²) in [6.45, 7) is 8.99. The number of unbranched alkanes of at least 4 members (excludes halogenated alkanes) is 1. The molecule has 9 heteroatoms. The van der Waals surface area contributed by atoms with Crippen LogP contribution in [0.3, 0.4) is 0 Å². The van der Waals surface area contributed by atoms with Crippen LogP contribution in [0.2, 0.25) is 0 Å². The number of hydrogen-bond donors (Lipinski definition) is 2. The largest absolute Gasteiger partial charge is 0.478 e. The van der Waals surface area contributed by atoms with Gasteiger partial charge >= 0.3 is 11.9 Å². The van der Waals surface area contributed by atoms with Crippen molar-refractivity contribution < 1.29 is 24.2 Å². The molecule has 2 aliphatic rings. The van der Waals surface area contributed by atoms with E-state index in [0.717, 1.165) is 44.0 Å². The summed E-state index contributed by atoms with van der Waals surface area (Å²) in [7, 11) is 0. The average molecular weight is 526 g/mol. The molecule has 3 aromatic rings. The molecule has 2 N–H and O–H groups in total. The zero-order valence-electron chi connectivity index (χ0n) is 20.7. The topological polar surface area (TPSA) is 84.3 Å². The summed E-state index contributed by atoms with van der Waals surface area (Å²) in [6.07, 6.45) is 3.66. The zero-order valence-corrected chi connectivity index (χ0v) is 21.5. The van der Waals surface area contributed by atoms with E-state index in [-0.39, 0.29) is 5.82 Å². The summed E-state index contributed by atoms with van der Waals surface area (Å²) in [5.41, 5.74) is 4.29. The SMILES string of the molecule is Fc1ccc2c(N3CCN(CCCCN4Cc5ccccc5C4)CC3)csc2c1.O=C(O)C=CC(=O)O. The molecule has 1 saturated heterocycles. The highest BCUT2D eigenvalue weighted by molar-refractivity contribution is 7.17. The van der Waals surface area contributed by atoms with Gasteiger partial charge in [-0.25, -0.2) is 14.0 Å². The first-order valence-electron chi connectivity index (χ1n) is 12.5. The van der Waals surface area contributed by atoms with Crippen LogP contribution in [-0.4, -0.2) is 71.2 Å². The summed E-state index contributed by atoms with van der Waals surface area (Å²) in [6, 6.07) is 14.0. The molecule has 5 rings (SSSR count).